The van der Waals surface area contributed by atoms with Crippen LogP contribution in [0.1, 0.15) is 10.4 Å². The molecule has 0 unspecified atom stereocenters. The summed E-state index contributed by atoms with van der Waals surface area (Å²) in [6.07, 6.45) is 5.25. The van der Waals surface area contributed by atoms with Gasteiger partial charge in [0.2, 0.25) is 0 Å². The van der Waals surface area contributed by atoms with Gasteiger partial charge in [0.15, 0.2) is 0 Å². The first-order valence-electron chi connectivity index (χ1n) is 6.22. The predicted octanol–water partition coefficient (Wildman–Crippen LogP) is 0.168. The highest BCUT2D eigenvalue weighted by atomic mass is 16.5. The molecule has 0 bridgehead atoms. The molecule has 1 aliphatic rings. The number of pyridine rings is 1. The molecule has 19 heavy (non-hydrogen) atoms. The lowest BCUT2D eigenvalue weighted by molar-refractivity contribution is -0.0184. The molecule has 0 aliphatic carbocycles. The molecule has 1 atom stereocenters. The van der Waals surface area contributed by atoms with Crippen LogP contribution in [0.3, 0.4) is 0 Å². The lowest BCUT2D eigenvalue weighted by atomic mass is 10.2. The molecule has 100 valence electrons. The average Bonchev–Trinajstić information content (AvgIpc) is 2.93. The van der Waals surface area contributed by atoms with E-state index in [9.17, 15) is 9.90 Å². The zero-order valence-electron chi connectivity index (χ0n) is 10.4. The van der Waals surface area contributed by atoms with E-state index in [0.29, 0.717) is 25.3 Å². The normalized spacial score (nSPS) is 19.8. The number of carbonyl (C=O) groups excluding carboxylic acids is 1. The number of morpholine rings is 1. The van der Waals surface area contributed by atoms with Crippen LogP contribution < -0.4 is 0 Å². The Morgan fingerprint density at radius 3 is 3.26 bits per heavy atom. The minimum atomic E-state index is -0.264. The van der Waals surface area contributed by atoms with Gasteiger partial charge in [-0.2, -0.15) is 0 Å². The van der Waals surface area contributed by atoms with E-state index in [1.54, 1.807) is 29.6 Å². The smallest absolute Gasteiger partial charge is 0.255 e. The van der Waals surface area contributed by atoms with E-state index in [-0.39, 0.29) is 18.6 Å². The number of aliphatic hydroxyl groups excluding tert-OH is 1. The topological polar surface area (TPSA) is 67.1 Å². The molecule has 3 heterocycles. The summed E-state index contributed by atoms with van der Waals surface area (Å²) in [5, 5.41) is 9.31. The van der Waals surface area contributed by atoms with Gasteiger partial charge in [-0.1, -0.05) is 0 Å². The zero-order valence-corrected chi connectivity index (χ0v) is 10.4. The van der Waals surface area contributed by atoms with Gasteiger partial charge in [0.05, 0.1) is 31.4 Å². The highest BCUT2D eigenvalue weighted by Crippen LogP contribution is 2.13. The largest absolute Gasteiger partial charge is 0.394 e. The first-order valence-corrected chi connectivity index (χ1v) is 6.22. The third-order valence-corrected chi connectivity index (χ3v) is 3.33. The van der Waals surface area contributed by atoms with E-state index >= 15 is 0 Å². The number of aliphatic hydroxyl groups is 1. The monoisotopic (exact) mass is 261 g/mol. The maximum Gasteiger partial charge on any atom is 0.255 e. The molecule has 0 saturated carbocycles. The lowest BCUT2D eigenvalue weighted by Crippen LogP contribution is -2.50. The molecular weight excluding hydrogens is 246 g/mol. The third-order valence-electron chi connectivity index (χ3n) is 3.33. The molecule has 6 nitrogen and oxygen atoms in total. The van der Waals surface area contributed by atoms with Crippen molar-refractivity contribution in [3.8, 4) is 0 Å². The molecule has 2 aromatic heterocycles. The number of imidazole rings is 1. The number of amides is 1. The molecule has 1 N–H and O–H groups in total. The van der Waals surface area contributed by atoms with Gasteiger partial charge < -0.3 is 19.1 Å². The Morgan fingerprint density at radius 2 is 2.42 bits per heavy atom. The Balaban J connectivity index is 1.89. The van der Waals surface area contributed by atoms with Crippen LogP contribution in [0.2, 0.25) is 0 Å². The summed E-state index contributed by atoms with van der Waals surface area (Å²) in [7, 11) is 0. The van der Waals surface area contributed by atoms with Crippen LogP contribution in [-0.2, 0) is 4.74 Å². The number of ether oxygens (including phenoxy) is 1. The van der Waals surface area contributed by atoms with Crippen molar-refractivity contribution in [2.75, 3.05) is 26.4 Å². The summed E-state index contributed by atoms with van der Waals surface area (Å²) < 4.78 is 7.09. The summed E-state index contributed by atoms with van der Waals surface area (Å²) in [6, 6.07) is 3.30. The van der Waals surface area contributed by atoms with Gasteiger partial charge >= 0.3 is 0 Å². The van der Waals surface area contributed by atoms with E-state index < -0.39 is 0 Å². The van der Waals surface area contributed by atoms with Crippen LogP contribution >= 0.6 is 0 Å². The van der Waals surface area contributed by atoms with Crippen molar-refractivity contribution in [2.45, 2.75) is 6.04 Å². The van der Waals surface area contributed by atoms with E-state index in [1.807, 2.05) is 10.5 Å². The van der Waals surface area contributed by atoms with E-state index in [4.69, 9.17) is 4.74 Å². The molecule has 3 rings (SSSR count). The zero-order chi connectivity index (χ0) is 13.2. The fourth-order valence-electron chi connectivity index (χ4n) is 2.29. The lowest BCUT2D eigenvalue weighted by Gasteiger charge is -2.34. The second-order valence-electron chi connectivity index (χ2n) is 4.52. The fourth-order valence-corrected chi connectivity index (χ4v) is 2.29. The van der Waals surface area contributed by atoms with Crippen molar-refractivity contribution in [1.82, 2.24) is 14.3 Å². The van der Waals surface area contributed by atoms with Crippen molar-refractivity contribution < 1.29 is 14.6 Å². The first kappa shape index (κ1) is 12.1. The van der Waals surface area contributed by atoms with Gasteiger partial charge in [0.25, 0.3) is 5.91 Å². The van der Waals surface area contributed by atoms with Gasteiger partial charge in [0.1, 0.15) is 5.65 Å². The molecular formula is C13H15N3O3. The van der Waals surface area contributed by atoms with E-state index in [0.717, 1.165) is 5.65 Å². The molecule has 0 radical (unpaired) electrons. The van der Waals surface area contributed by atoms with Crippen LogP contribution in [0.4, 0.5) is 0 Å². The quantitative estimate of drug-likeness (QED) is 0.836. The van der Waals surface area contributed by atoms with Crippen molar-refractivity contribution in [2.24, 2.45) is 0 Å². The highest BCUT2D eigenvalue weighted by Gasteiger charge is 2.27. The number of aromatic nitrogens is 2. The number of hydrogen-bond donors (Lipinski definition) is 1. The summed E-state index contributed by atoms with van der Waals surface area (Å²) in [5.41, 5.74) is 1.39. The number of rotatable bonds is 2. The summed E-state index contributed by atoms with van der Waals surface area (Å²) >= 11 is 0. The van der Waals surface area contributed by atoms with Gasteiger partial charge in [-0.25, -0.2) is 4.98 Å². The molecule has 1 saturated heterocycles. The van der Waals surface area contributed by atoms with Gasteiger partial charge in [-0.15, -0.1) is 0 Å². The van der Waals surface area contributed by atoms with Gasteiger partial charge in [-0.05, 0) is 12.1 Å². The average molecular weight is 261 g/mol. The van der Waals surface area contributed by atoms with Crippen molar-refractivity contribution in [3.05, 3.63) is 36.3 Å². The Hall–Kier alpha value is -1.92. The van der Waals surface area contributed by atoms with E-state index in [2.05, 4.69) is 4.98 Å². The molecule has 6 heteroatoms. The number of carbonyl (C=O) groups is 1. The fraction of sp³-hybridized carbons (Fsp3) is 0.385. The Kier molecular flexibility index (Phi) is 3.18. The standard InChI is InChI=1S/C13H15N3O3/c17-8-11-9-19-6-5-16(11)13(18)10-1-2-12-14-3-4-15(12)7-10/h1-4,7,11,17H,5-6,8-9H2/t11-/m1/s1. The van der Waals surface area contributed by atoms with Crippen molar-refractivity contribution >= 4 is 11.6 Å². The molecule has 2 aromatic rings. The molecule has 1 fully saturated rings. The van der Waals surface area contributed by atoms with Crippen LogP contribution in [0.15, 0.2) is 30.7 Å². The Labute approximate surface area is 110 Å². The van der Waals surface area contributed by atoms with Crippen LogP contribution in [0, 0.1) is 0 Å². The highest BCUT2D eigenvalue weighted by molar-refractivity contribution is 5.94. The second kappa shape index (κ2) is 4.99. The number of fused-ring (bicyclic) bond motifs is 1. The van der Waals surface area contributed by atoms with Gasteiger partial charge in [-0.3, -0.25) is 4.79 Å². The molecule has 1 aliphatic heterocycles. The minimum absolute atomic E-state index is 0.0843. The minimum Gasteiger partial charge on any atom is -0.394 e. The Bertz CT molecular complexity index is 596. The van der Waals surface area contributed by atoms with Gasteiger partial charge in [0, 0.05) is 25.1 Å². The van der Waals surface area contributed by atoms with Crippen LogP contribution in [0.25, 0.3) is 5.65 Å². The molecule has 0 spiro atoms. The van der Waals surface area contributed by atoms with Crippen molar-refractivity contribution in [1.29, 1.82) is 0 Å². The summed E-state index contributed by atoms with van der Waals surface area (Å²) in [4.78, 5) is 18.3. The second-order valence-corrected chi connectivity index (χ2v) is 4.52. The molecule has 1 amide bonds. The van der Waals surface area contributed by atoms with Crippen molar-refractivity contribution in [3.63, 3.8) is 0 Å². The number of nitrogens with zero attached hydrogens (tertiary/aromatic N) is 3. The van der Waals surface area contributed by atoms with E-state index in [1.165, 1.54) is 0 Å². The summed E-state index contributed by atoms with van der Waals surface area (Å²) in [5.74, 6) is -0.0852. The predicted molar refractivity (Wildman–Crippen MR) is 67.9 cm³/mol. The maximum atomic E-state index is 12.5. The SMILES string of the molecule is O=C(c1ccc2nccn2c1)N1CCOC[C@H]1CO. The third kappa shape index (κ3) is 2.20. The molecule has 0 aromatic carbocycles. The number of hydrogen-bond acceptors (Lipinski definition) is 4. The van der Waals surface area contributed by atoms with Crippen LogP contribution in [-0.4, -0.2) is 57.7 Å². The van der Waals surface area contributed by atoms with Crippen LogP contribution in [0.5, 0.6) is 0 Å². The summed E-state index contributed by atoms with van der Waals surface area (Å²) in [6.45, 7) is 1.32. The Morgan fingerprint density at radius 1 is 1.53 bits per heavy atom. The maximum absolute atomic E-state index is 12.5. The first-order chi connectivity index (χ1) is 9.29.